The summed E-state index contributed by atoms with van der Waals surface area (Å²) in [6.07, 6.45) is 5.17. The van der Waals surface area contributed by atoms with Crippen molar-refractivity contribution in [1.82, 2.24) is 10.4 Å². The zero-order valence-electron chi connectivity index (χ0n) is 11.4. The van der Waals surface area contributed by atoms with Gasteiger partial charge in [0.15, 0.2) is 0 Å². The third-order valence-corrected chi connectivity index (χ3v) is 5.99. The van der Waals surface area contributed by atoms with E-state index in [1.807, 2.05) is 0 Å². The normalized spacial score (nSPS) is 44.1. The monoisotopic (exact) mass is 257 g/mol. The third-order valence-electron chi connectivity index (χ3n) is 4.60. The summed E-state index contributed by atoms with van der Waals surface area (Å²) < 4.78 is 0. The molecule has 0 amide bonds. The molecule has 0 saturated carbocycles. The van der Waals surface area contributed by atoms with Crippen LogP contribution in [0.25, 0.3) is 0 Å². The number of hydrazine groups is 1. The van der Waals surface area contributed by atoms with E-state index in [-0.39, 0.29) is 5.54 Å². The largest absolute Gasteiger partial charge is 0.329 e. The van der Waals surface area contributed by atoms with Crippen LogP contribution in [0.3, 0.4) is 0 Å². The molecule has 0 aromatic carbocycles. The fourth-order valence-electron chi connectivity index (χ4n) is 3.14. The van der Waals surface area contributed by atoms with Crippen LogP contribution in [0.5, 0.6) is 0 Å². The van der Waals surface area contributed by atoms with Crippen molar-refractivity contribution >= 4 is 11.8 Å². The summed E-state index contributed by atoms with van der Waals surface area (Å²) in [5.41, 5.74) is 10.0. The minimum atomic E-state index is 0.129. The standard InChI is InChI=1S/C13H27N3S/c1-10-5-4-6-11(2)16(10)15-13(9-14)7-8-17-12(13)3/h10-12,15H,4-9,14H2,1-3H3. The lowest BCUT2D eigenvalue weighted by Gasteiger charge is -2.46. The highest BCUT2D eigenvalue weighted by Crippen LogP contribution is 2.36. The van der Waals surface area contributed by atoms with E-state index in [0.29, 0.717) is 17.3 Å². The van der Waals surface area contributed by atoms with Crippen LogP contribution in [-0.2, 0) is 0 Å². The number of thioether (sulfide) groups is 1. The summed E-state index contributed by atoms with van der Waals surface area (Å²) in [4.78, 5) is 0. The Labute approximate surface area is 110 Å². The highest BCUT2D eigenvalue weighted by atomic mass is 32.2. The molecule has 2 heterocycles. The SMILES string of the molecule is CC1CCCC(C)N1NC1(CN)CCSC1C. The van der Waals surface area contributed by atoms with Gasteiger partial charge >= 0.3 is 0 Å². The summed E-state index contributed by atoms with van der Waals surface area (Å²) in [6.45, 7) is 7.73. The van der Waals surface area contributed by atoms with Crippen LogP contribution in [0.4, 0.5) is 0 Å². The molecule has 4 unspecified atom stereocenters. The van der Waals surface area contributed by atoms with Crippen LogP contribution >= 0.6 is 11.8 Å². The highest BCUT2D eigenvalue weighted by Gasteiger charge is 2.42. The van der Waals surface area contributed by atoms with Crippen LogP contribution in [0, 0.1) is 0 Å². The molecule has 2 fully saturated rings. The maximum atomic E-state index is 6.06. The second-order valence-corrected chi connectivity index (χ2v) is 7.22. The first-order valence-corrected chi connectivity index (χ1v) is 8.02. The van der Waals surface area contributed by atoms with Gasteiger partial charge in [-0.1, -0.05) is 13.3 Å². The van der Waals surface area contributed by atoms with Crippen molar-refractivity contribution in [2.24, 2.45) is 5.73 Å². The first kappa shape index (κ1) is 13.7. The molecule has 2 rings (SSSR count). The molecule has 0 radical (unpaired) electrons. The van der Waals surface area contributed by atoms with Crippen LogP contribution in [0.15, 0.2) is 0 Å². The summed E-state index contributed by atoms with van der Waals surface area (Å²) in [5.74, 6) is 1.24. The predicted octanol–water partition coefficient (Wildman–Crippen LogP) is 1.98. The molecule has 0 aromatic rings. The summed E-state index contributed by atoms with van der Waals surface area (Å²) in [5, 5.41) is 3.10. The van der Waals surface area contributed by atoms with Crippen molar-refractivity contribution in [3.63, 3.8) is 0 Å². The van der Waals surface area contributed by atoms with E-state index < -0.39 is 0 Å². The van der Waals surface area contributed by atoms with Gasteiger partial charge < -0.3 is 5.73 Å². The molecule has 17 heavy (non-hydrogen) atoms. The minimum Gasteiger partial charge on any atom is -0.329 e. The molecular formula is C13H27N3S. The summed E-state index contributed by atoms with van der Waals surface area (Å²) in [6, 6.07) is 1.28. The van der Waals surface area contributed by atoms with Crippen molar-refractivity contribution < 1.29 is 0 Å². The number of rotatable bonds is 3. The van der Waals surface area contributed by atoms with Gasteiger partial charge in [-0.25, -0.2) is 10.4 Å². The fraction of sp³-hybridized carbons (Fsp3) is 1.00. The number of nitrogens with zero attached hydrogens (tertiary/aromatic N) is 1. The molecule has 0 aliphatic carbocycles. The van der Waals surface area contributed by atoms with E-state index in [9.17, 15) is 0 Å². The summed E-state index contributed by atoms with van der Waals surface area (Å²) in [7, 11) is 0. The first-order chi connectivity index (χ1) is 8.09. The molecule has 100 valence electrons. The average Bonchev–Trinajstić information content (AvgIpc) is 2.66. The van der Waals surface area contributed by atoms with E-state index >= 15 is 0 Å². The van der Waals surface area contributed by atoms with Crippen molar-refractivity contribution in [3.05, 3.63) is 0 Å². The van der Waals surface area contributed by atoms with Gasteiger partial charge in [0, 0.05) is 23.9 Å². The molecule has 2 saturated heterocycles. The number of hydrogen-bond acceptors (Lipinski definition) is 4. The zero-order chi connectivity index (χ0) is 12.5. The number of piperidine rings is 1. The Kier molecular flexibility index (Phi) is 4.40. The number of hydrogen-bond donors (Lipinski definition) is 2. The minimum absolute atomic E-state index is 0.129. The molecule has 0 aromatic heterocycles. The van der Waals surface area contributed by atoms with Crippen LogP contribution in [0.1, 0.15) is 46.5 Å². The van der Waals surface area contributed by atoms with Gasteiger partial charge in [-0.2, -0.15) is 11.8 Å². The second kappa shape index (κ2) is 5.47. The number of nitrogens with two attached hydrogens (primary N) is 1. The van der Waals surface area contributed by atoms with Gasteiger partial charge in [-0.15, -0.1) is 0 Å². The molecule has 4 atom stereocenters. The molecule has 2 aliphatic rings. The molecule has 4 heteroatoms. The Bertz CT molecular complexity index is 251. The average molecular weight is 257 g/mol. The quantitative estimate of drug-likeness (QED) is 0.811. The Morgan fingerprint density at radius 2 is 1.94 bits per heavy atom. The molecular weight excluding hydrogens is 230 g/mol. The Balaban J connectivity index is 2.07. The maximum Gasteiger partial charge on any atom is 0.0571 e. The molecule has 3 nitrogen and oxygen atoms in total. The molecule has 3 N–H and O–H groups in total. The van der Waals surface area contributed by atoms with Crippen molar-refractivity contribution in [2.75, 3.05) is 12.3 Å². The van der Waals surface area contributed by atoms with E-state index in [4.69, 9.17) is 5.73 Å². The van der Waals surface area contributed by atoms with E-state index in [1.165, 1.54) is 31.4 Å². The van der Waals surface area contributed by atoms with E-state index in [1.54, 1.807) is 0 Å². The topological polar surface area (TPSA) is 41.3 Å². The third kappa shape index (κ3) is 2.65. The van der Waals surface area contributed by atoms with Crippen LogP contribution in [0.2, 0.25) is 0 Å². The van der Waals surface area contributed by atoms with Gasteiger partial charge in [0.1, 0.15) is 0 Å². The second-order valence-electron chi connectivity index (χ2n) is 5.77. The van der Waals surface area contributed by atoms with Gasteiger partial charge in [0.05, 0.1) is 5.54 Å². The lowest BCUT2D eigenvalue weighted by molar-refractivity contribution is 0.00305. The summed E-state index contributed by atoms with van der Waals surface area (Å²) >= 11 is 2.05. The Hall–Kier alpha value is 0.230. The van der Waals surface area contributed by atoms with Crippen molar-refractivity contribution in [1.29, 1.82) is 0 Å². The van der Waals surface area contributed by atoms with Gasteiger partial charge in [0.25, 0.3) is 0 Å². The Morgan fingerprint density at radius 1 is 1.29 bits per heavy atom. The molecule has 2 aliphatic heterocycles. The van der Waals surface area contributed by atoms with Crippen molar-refractivity contribution in [2.45, 2.75) is 69.3 Å². The molecule has 0 bridgehead atoms. The lowest BCUT2D eigenvalue weighted by atomic mass is 9.92. The zero-order valence-corrected chi connectivity index (χ0v) is 12.2. The van der Waals surface area contributed by atoms with Gasteiger partial charge in [-0.3, -0.25) is 0 Å². The van der Waals surface area contributed by atoms with Crippen LogP contribution in [-0.4, -0.2) is 40.2 Å². The lowest BCUT2D eigenvalue weighted by Crippen LogP contribution is -2.65. The van der Waals surface area contributed by atoms with Gasteiger partial charge in [-0.05, 0) is 38.9 Å². The molecule has 0 spiro atoms. The van der Waals surface area contributed by atoms with Crippen molar-refractivity contribution in [3.8, 4) is 0 Å². The maximum absolute atomic E-state index is 6.06. The van der Waals surface area contributed by atoms with Gasteiger partial charge in [0.2, 0.25) is 0 Å². The predicted molar refractivity (Wildman–Crippen MR) is 76.1 cm³/mol. The first-order valence-electron chi connectivity index (χ1n) is 6.97. The smallest absolute Gasteiger partial charge is 0.0571 e. The van der Waals surface area contributed by atoms with E-state index in [0.717, 1.165) is 6.54 Å². The number of nitrogens with one attached hydrogen (secondary N) is 1. The highest BCUT2D eigenvalue weighted by molar-refractivity contribution is 8.00. The van der Waals surface area contributed by atoms with E-state index in [2.05, 4.69) is 43.0 Å². The fourth-order valence-corrected chi connectivity index (χ4v) is 4.56. The van der Waals surface area contributed by atoms with Crippen LogP contribution < -0.4 is 11.2 Å². The Morgan fingerprint density at radius 3 is 2.41 bits per heavy atom.